The number of carbonyl (C=O) groups excluding carboxylic acids is 1. The van der Waals surface area contributed by atoms with Crippen molar-refractivity contribution < 1.29 is 9.90 Å². The number of rotatable bonds is 6. The molecule has 0 aliphatic heterocycles. The highest BCUT2D eigenvalue weighted by atomic mass is 16.3. The lowest BCUT2D eigenvalue weighted by Crippen LogP contribution is -2.49. The highest BCUT2D eigenvalue weighted by Gasteiger charge is 2.38. The first kappa shape index (κ1) is 14.0. The third kappa shape index (κ3) is 3.12. The van der Waals surface area contributed by atoms with Crippen molar-refractivity contribution in [1.82, 2.24) is 4.90 Å². The summed E-state index contributed by atoms with van der Waals surface area (Å²) in [6.45, 7) is 4.07. The summed E-state index contributed by atoms with van der Waals surface area (Å²) in [5.41, 5.74) is -0.136. The molecule has 0 bridgehead atoms. The van der Waals surface area contributed by atoms with E-state index in [1.54, 1.807) is 0 Å². The van der Waals surface area contributed by atoms with Gasteiger partial charge in [-0.25, -0.2) is 0 Å². The monoisotopic (exact) mass is 253 g/mol. The number of nitrogens with zero attached hydrogens (tertiary/aromatic N) is 1. The van der Waals surface area contributed by atoms with Gasteiger partial charge in [-0.3, -0.25) is 4.90 Å². The molecular weight excluding hydrogens is 226 g/mol. The second kappa shape index (κ2) is 6.16. The molecule has 2 saturated carbocycles. The van der Waals surface area contributed by atoms with E-state index in [4.69, 9.17) is 0 Å². The molecule has 0 aromatic carbocycles. The Kier molecular flexibility index (Phi) is 4.79. The van der Waals surface area contributed by atoms with Crippen LogP contribution in [0.5, 0.6) is 0 Å². The fourth-order valence-corrected chi connectivity index (χ4v) is 3.66. The Hall–Kier alpha value is -0.410. The minimum atomic E-state index is -0.136. The highest BCUT2D eigenvalue weighted by molar-refractivity contribution is 5.60. The van der Waals surface area contributed by atoms with E-state index in [1.165, 1.54) is 38.4 Å². The number of aldehydes is 1. The fraction of sp³-hybridized carbons (Fsp3) is 0.933. The van der Waals surface area contributed by atoms with Crippen LogP contribution in [0.15, 0.2) is 0 Å². The Morgan fingerprint density at radius 2 is 2.11 bits per heavy atom. The first-order valence-electron chi connectivity index (χ1n) is 7.50. The van der Waals surface area contributed by atoms with Crippen LogP contribution in [0.3, 0.4) is 0 Å². The molecule has 3 nitrogen and oxygen atoms in total. The molecule has 0 aromatic rings. The molecule has 0 saturated heterocycles. The zero-order valence-electron chi connectivity index (χ0n) is 11.6. The van der Waals surface area contributed by atoms with Gasteiger partial charge in [0.1, 0.15) is 6.29 Å². The van der Waals surface area contributed by atoms with Gasteiger partial charge in [0.2, 0.25) is 0 Å². The molecule has 0 spiro atoms. The van der Waals surface area contributed by atoms with E-state index in [-0.39, 0.29) is 12.0 Å². The van der Waals surface area contributed by atoms with Crippen LogP contribution in [0.4, 0.5) is 0 Å². The molecule has 2 atom stereocenters. The van der Waals surface area contributed by atoms with Crippen molar-refractivity contribution in [3.63, 3.8) is 0 Å². The maximum Gasteiger partial charge on any atom is 0.127 e. The maximum atomic E-state index is 11.6. The first-order chi connectivity index (χ1) is 8.69. The summed E-state index contributed by atoms with van der Waals surface area (Å²) in [4.78, 5) is 14.0. The van der Waals surface area contributed by atoms with Crippen molar-refractivity contribution in [2.75, 3.05) is 19.7 Å². The topological polar surface area (TPSA) is 40.5 Å². The smallest absolute Gasteiger partial charge is 0.127 e. The molecule has 2 aliphatic carbocycles. The third-order valence-corrected chi connectivity index (χ3v) is 4.87. The summed E-state index contributed by atoms with van der Waals surface area (Å²) < 4.78 is 0. The SMILES string of the molecule is CC1CCCC(C=O)(CN(CCO)C2CCC2)C1. The average Bonchev–Trinajstić information content (AvgIpc) is 2.27. The first-order valence-corrected chi connectivity index (χ1v) is 7.50. The molecule has 2 fully saturated rings. The van der Waals surface area contributed by atoms with Crippen molar-refractivity contribution in [3.8, 4) is 0 Å². The van der Waals surface area contributed by atoms with E-state index in [2.05, 4.69) is 11.8 Å². The Morgan fingerprint density at radius 1 is 1.33 bits per heavy atom. The van der Waals surface area contributed by atoms with Gasteiger partial charge in [0.05, 0.1) is 6.61 Å². The predicted octanol–water partition coefficient (Wildman–Crippen LogP) is 2.23. The lowest BCUT2D eigenvalue weighted by molar-refractivity contribution is -0.121. The molecule has 1 N–H and O–H groups in total. The largest absolute Gasteiger partial charge is 0.395 e. The minimum absolute atomic E-state index is 0.136. The van der Waals surface area contributed by atoms with Gasteiger partial charge in [0, 0.05) is 24.5 Å². The second-order valence-corrected chi connectivity index (χ2v) is 6.46. The van der Waals surface area contributed by atoms with Gasteiger partial charge in [-0.1, -0.05) is 26.2 Å². The van der Waals surface area contributed by atoms with Gasteiger partial charge in [-0.2, -0.15) is 0 Å². The molecule has 0 radical (unpaired) electrons. The van der Waals surface area contributed by atoms with Gasteiger partial charge < -0.3 is 9.90 Å². The van der Waals surface area contributed by atoms with Crippen LogP contribution in [0.2, 0.25) is 0 Å². The number of aliphatic hydroxyl groups is 1. The lowest BCUT2D eigenvalue weighted by atomic mass is 9.70. The average molecular weight is 253 g/mol. The zero-order chi connectivity index (χ0) is 13.0. The fourth-order valence-electron chi connectivity index (χ4n) is 3.66. The van der Waals surface area contributed by atoms with E-state index >= 15 is 0 Å². The van der Waals surface area contributed by atoms with Crippen molar-refractivity contribution in [2.45, 2.75) is 57.9 Å². The lowest BCUT2D eigenvalue weighted by Gasteiger charge is -2.44. The van der Waals surface area contributed by atoms with Crippen molar-refractivity contribution in [1.29, 1.82) is 0 Å². The number of hydrogen-bond acceptors (Lipinski definition) is 3. The van der Waals surface area contributed by atoms with Crippen LogP contribution in [-0.2, 0) is 4.79 Å². The van der Waals surface area contributed by atoms with Gasteiger partial charge in [-0.05, 0) is 31.6 Å². The van der Waals surface area contributed by atoms with Crippen molar-refractivity contribution >= 4 is 6.29 Å². The second-order valence-electron chi connectivity index (χ2n) is 6.46. The van der Waals surface area contributed by atoms with E-state index in [0.29, 0.717) is 12.0 Å². The summed E-state index contributed by atoms with van der Waals surface area (Å²) in [6, 6.07) is 0.617. The molecule has 0 aromatic heterocycles. The predicted molar refractivity (Wildman–Crippen MR) is 72.4 cm³/mol. The van der Waals surface area contributed by atoms with E-state index in [1.807, 2.05) is 0 Å². The van der Waals surface area contributed by atoms with Crippen LogP contribution >= 0.6 is 0 Å². The Morgan fingerprint density at radius 3 is 2.61 bits per heavy atom. The summed E-state index contributed by atoms with van der Waals surface area (Å²) >= 11 is 0. The zero-order valence-corrected chi connectivity index (χ0v) is 11.6. The van der Waals surface area contributed by atoms with Crippen LogP contribution in [0, 0.1) is 11.3 Å². The molecule has 2 aliphatic rings. The molecule has 0 amide bonds. The summed E-state index contributed by atoms with van der Waals surface area (Å²) in [6.07, 6.45) is 9.51. The van der Waals surface area contributed by atoms with E-state index in [9.17, 15) is 9.90 Å². The summed E-state index contributed by atoms with van der Waals surface area (Å²) in [5, 5.41) is 9.21. The van der Waals surface area contributed by atoms with Crippen LogP contribution in [0.25, 0.3) is 0 Å². The Balaban J connectivity index is 1.99. The summed E-state index contributed by atoms with van der Waals surface area (Å²) in [7, 11) is 0. The Bertz CT molecular complexity index is 278. The number of hydrogen-bond donors (Lipinski definition) is 1. The van der Waals surface area contributed by atoms with Crippen LogP contribution < -0.4 is 0 Å². The van der Waals surface area contributed by atoms with Crippen molar-refractivity contribution in [2.24, 2.45) is 11.3 Å². The minimum Gasteiger partial charge on any atom is -0.395 e. The number of carbonyl (C=O) groups is 1. The normalized spacial score (nSPS) is 33.4. The molecule has 18 heavy (non-hydrogen) atoms. The molecule has 2 rings (SSSR count). The molecule has 0 heterocycles. The van der Waals surface area contributed by atoms with Gasteiger partial charge >= 0.3 is 0 Å². The maximum absolute atomic E-state index is 11.6. The van der Waals surface area contributed by atoms with Gasteiger partial charge in [-0.15, -0.1) is 0 Å². The van der Waals surface area contributed by atoms with Gasteiger partial charge in [0.25, 0.3) is 0 Å². The molecular formula is C15H27NO2. The highest BCUT2D eigenvalue weighted by Crippen LogP contribution is 2.39. The van der Waals surface area contributed by atoms with Gasteiger partial charge in [0.15, 0.2) is 0 Å². The quantitative estimate of drug-likeness (QED) is 0.738. The van der Waals surface area contributed by atoms with E-state index in [0.717, 1.165) is 25.9 Å². The standard InChI is InChI=1S/C15H27NO2/c1-13-4-3-7-15(10-13,12-18)11-16(8-9-17)14-5-2-6-14/h12-14,17H,2-11H2,1H3. The van der Waals surface area contributed by atoms with Crippen LogP contribution in [-0.4, -0.2) is 42.0 Å². The van der Waals surface area contributed by atoms with E-state index < -0.39 is 0 Å². The third-order valence-electron chi connectivity index (χ3n) is 4.87. The molecule has 3 heteroatoms. The number of aliphatic hydroxyl groups excluding tert-OH is 1. The molecule has 2 unspecified atom stereocenters. The Labute approximate surface area is 111 Å². The van der Waals surface area contributed by atoms with Crippen LogP contribution in [0.1, 0.15) is 51.9 Å². The molecule has 104 valence electrons. The van der Waals surface area contributed by atoms with Crippen molar-refractivity contribution in [3.05, 3.63) is 0 Å². The summed E-state index contributed by atoms with van der Waals surface area (Å²) in [5.74, 6) is 0.668.